The van der Waals surface area contributed by atoms with E-state index in [9.17, 15) is 18.3 Å². The van der Waals surface area contributed by atoms with Gasteiger partial charge in [0.1, 0.15) is 22.8 Å². The lowest BCUT2D eigenvalue weighted by atomic mass is 10.1. The number of hydrogen-bond donors (Lipinski definition) is 2. The summed E-state index contributed by atoms with van der Waals surface area (Å²) in [6.07, 6.45) is 3.21. The van der Waals surface area contributed by atoms with E-state index in [1.54, 1.807) is 18.2 Å². The van der Waals surface area contributed by atoms with Crippen molar-refractivity contribution in [3.05, 3.63) is 114 Å². The van der Waals surface area contributed by atoms with Crippen LogP contribution in [0.4, 0.5) is 5.69 Å². The molecule has 4 aromatic carbocycles. The minimum absolute atomic E-state index is 0.0847. The van der Waals surface area contributed by atoms with Crippen LogP contribution in [-0.2, 0) is 16.4 Å². The summed E-state index contributed by atoms with van der Waals surface area (Å²) in [6, 6.07) is 29.7. The molecular formula is C32H33NO7S. The highest BCUT2D eigenvalue weighted by molar-refractivity contribution is 7.92. The molecule has 0 bridgehead atoms. The van der Waals surface area contributed by atoms with Crippen molar-refractivity contribution in [2.45, 2.75) is 30.6 Å². The summed E-state index contributed by atoms with van der Waals surface area (Å²) in [7, 11) is -3.84. The molecule has 0 spiro atoms. The summed E-state index contributed by atoms with van der Waals surface area (Å²) in [5, 5.41) is 9.64. The van der Waals surface area contributed by atoms with E-state index in [2.05, 4.69) is 4.72 Å². The maximum atomic E-state index is 12.6. The molecule has 0 aliphatic rings. The molecule has 0 aliphatic carbocycles. The van der Waals surface area contributed by atoms with Crippen molar-refractivity contribution in [3.8, 4) is 17.2 Å². The zero-order chi connectivity index (χ0) is 28.9. The molecule has 0 saturated carbocycles. The van der Waals surface area contributed by atoms with Gasteiger partial charge in [-0.15, -0.1) is 0 Å². The van der Waals surface area contributed by atoms with E-state index in [4.69, 9.17) is 14.2 Å². The number of aromatic carboxylic acids is 1. The summed E-state index contributed by atoms with van der Waals surface area (Å²) in [4.78, 5) is 11.9. The molecule has 0 fully saturated rings. The first-order valence-electron chi connectivity index (χ1n) is 13.4. The minimum Gasteiger partial charge on any atom is -0.494 e. The third kappa shape index (κ3) is 9.29. The number of carbonyl (C=O) groups is 1. The van der Waals surface area contributed by atoms with E-state index in [-0.39, 0.29) is 21.9 Å². The molecule has 0 saturated heterocycles. The lowest BCUT2D eigenvalue weighted by Crippen LogP contribution is -2.14. The van der Waals surface area contributed by atoms with Gasteiger partial charge in [-0.3, -0.25) is 4.72 Å². The number of hydrogen-bond acceptors (Lipinski definition) is 6. The molecule has 4 aromatic rings. The van der Waals surface area contributed by atoms with Gasteiger partial charge in [-0.2, -0.15) is 0 Å². The molecule has 8 nitrogen and oxygen atoms in total. The smallest absolute Gasteiger partial charge is 0.339 e. The molecule has 0 unspecified atom stereocenters. The number of unbranched alkanes of at least 4 members (excludes halogenated alkanes) is 1. The Balaban J connectivity index is 1.18. The largest absolute Gasteiger partial charge is 0.494 e. The van der Waals surface area contributed by atoms with Gasteiger partial charge in [0.25, 0.3) is 10.0 Å². The van der Waals surface area contributed by atoms with Gasteiger partial charge in [-0.05, 0) is 85.8 Å². The average molecular weight is 576 g/mol. The zero-order valence-corrected chi connectivity index (χ0v) is 23.4. The number of para-hydroxylation sites is 1. The van der Waals surface area contributed by atoms with Gasteiger partial charge in [0, 0.05) is 5.69 Å². The van der Waals surface area contributed by atoms with Crippen LogP contribution in [0.15, 0.2) is 108 Å². The predicted octanol–water partition coefficient (Wildman–Crippen LogP) is 6.44. The zero-order valence-electron chi connectivity index (χ0n) is 22.6. The Morgan fingerprint density at radius 1 is 0.683 bits per heavy atom. The number of nitrogens with one attached hydrogen (secondary N) is 1. The van der Waals surface area contributed by atoms with Crippen LogP contribution in [0.2, 0.25) is 0 Å². The van der Waals surface area contributed by atoms with E-state index in [1.165, 1.54) is 30.3 Å². The van der Waals surface area contributed by atoms with Crippen LogP contribution in [0.5, 0.6) is 17.2 Å². The highest BCUT2D eigenvalue weighted by Gasteiger charge is 2.17. The molecule has 0 aromatic heterocycles. The minimum atomic E-state index is -3.84. The summed E-state index contributed by atoms with van der Waals surface area (Å²) >= 11 is 0. The van der Waals surface area contributed by atoms with Crippen molar-refractivity contribution in [3.63, 3.8) is 0 Å². The summed E-state index contributed by atoms with van der Waals surface area (Å²) in [5.74, 6) is 0.653. The quantitative estimate of drug-likeness (QED) is 0.148. The summed E-state index contributed by atoms with van der Waals surface area (Å²) in [5.41, 5.74) is 1.13. The number of carboxylic acid groups (broad SMARTS) is 1. The van der Waals surface area contributed by atoms with Crippen LogP contribution >= 0.6 is 0 Å². The van der Waals surface area contributed by atoms with Crippen LogP contribution in [0, 0.1) is 0 Å². The Bertz CT molecular complexity index is 1490. The predicted molar refractivity (Wildman–Crippen MR) is 158 cm³/mol. The van der Waals surface area contributed by atoms with Crippen LogP contribution in [-0.4, -0.2) is 39.3 Å². The van der Waals surface area contributed by atoms with Gasteiger partial charge in [-0.25, -0.2) is 13.2 Å². The first kappa shape index (κ1) is 29.5. The molecule has 0 atom stereocenters. The number of ether oxygens (including phenoxy) is 3. The molecule has 214 valence electrons. The highest BCUT2D eigenvalue weighted by Crippen LogP contribution is 2.25. The van der Waals surface area contributed by atoms with E-state index < -0.39 is 16.0 Å². The number of sulfonamides is 1. The number of aryl methyl sites for hydroxylation is 1. The molecule has 2 N–H and O–H groups in total. The van der Waals surface area contributed by atoms with Crippen molar-refractivity contribution in [2.24, 2.45) is 0 Å². The third-order valence-electron chi connectivity index (χ3n) is 6.13. The molecule has 0 radical (unpaired) electrons. The lowest BCUT2D eigenvalue weighted by Gasteiger charge is -2.13. The molecule has 41 heavy (non-hydrogen) atoms. The average Bonchev–Trinajstić information content (AvgIpc) is 2.99. The van der Waals surface area contributed by atoms with Crippen LogP contribution < -0.4 is 18.9 Å². The number of benzene rings is 4. The second kappa shape index (κ2) is 14.8. The maximum Gasteiger partial charge on any atom is 0.339 e. The fourth-order valence-corrected chi connectivity index (χ4v) is 5.08. The second-order valence-electron chi connectivity index (χ2n) is 9.25. The summed E-state index contributed by atoms with van der Waals surface area (Å²) < 4.78 is 44.8. The first-order chi connectivity index (χ1) is 19.9. The molecule has 0 heterocycles. The van der Waals surface area contributed by atoms with Crippen molar-refractivity contribution in [2.75, 3.05) is 24.5 Å². The van der Waals surface area contributed by atoms with E-state index in [0.717, 1.165) is 36.3 Å². The molecule has 9 heteroatoms. The highest BCUT2D eigenvalue weighted by atomic mass is 32.2. The van der Waals surface area contributed by atoms with Crippen LogP contribution in [0.1, 0.15) is 35.2 Å². The van der Waals surface area contributed by atoms with Crippen molar-refractivity contribution in [1.82, 2.24) is 0 Å². The number of carboxylic acids is 1. The topological polar surface area (TPSA) is 111 Å². The Morgan fingerprint density at radius 2 is 1.27 bits per heavy atom. The normalized spacial score (nSPS) is 11.0. The lowest BCUT2D eigenvalue weighted by molar-refractivity contribution is 0.0692. The van der Waals surface area contributed by atoms with Gasteiger partial charge in [0.2, 0.25) is 0 Å². The van der Waals surface area contributed by atoms with Gasteiger partial charge in [-0.1, -0.05) is 48.5 Å². The van der Waals surface area contributed by atoms with E-state index in [0.29, 0.717) is 26.2 Å². The molecule has 0 amide bonds. The summed E-state index contributed by atoms with van der Waals surface area (Å²) in [6.45, 7) is 1.57. The van der Waals surface area contributed by atoms with Gasteiger partial charge < -0.3 is 19.3 Å². The Hall–Kier alpha value is -4.50. The molecule has 0 aliphatic heterocycles. The fourth-order valence-electron chi connectivity index (χ4n) is 4.01. The Morgan fingerprint density at radius 3 is 1.90 bits per heavy atom. The van der Waals surface area contributed by atoms with Gasteiger partial charge in [0.05, 0.1) is 24.7 Å². The fraction of sp³-hybridized carbons (Fsp3) is 0.219. The van der Waals surface area contributed by atoms with Crippen molar-refractivity contribution >= 4 is 21.7 Å². The Kier molecular flexibility index (Phi) is 10.6. The third-order valence-corrected chi connectivity index (χ3v) is 7.52. The van der Waals surface area contributed by atoms with Crippen molar-refractivity contribution < 1.29 is 32.5 Å². The number of rotatable bonds is 16. The van der Waals surface area contributed by atoms with Gasteiger partial charge >= 0.3 is 5.97 Å². The van der Waals surface area contributed by atoms with Gasteiger partial charge in [0.15, 0.2) is 0 Å². The monoisotopic (exact) mass is 575 g/mol. The Labute approximate surface area is 240 Å². The number of anilines is 1. The van der Waals surface area contributed by atoms with Crippen LogP contribution in [0.3, 0.4) is 0 Å². The maximum absolute atomic E-state index is 12.6. The second-order valence-corrected chi connectivity index (χ2v) is 10.9. The SMILES string of the molecule is O=C(O)c1cc(NS(=O)(=O)c2ccccc2)ccc1OCCCc1ccc(OCCCCOc2ccccc2)cc1. The van der Waals surface area contributed by atoms with E-state index in [1.807, 2.05) is 54.6 Å². The first-order valence-corrected chi connectivity index (χ1v) is 14.9. The van der Waals surface area contributed by atoms with E-state index >= 15 is 0 Å². The molecule has 4 rings (SSSR count). The van der Waals surface area contributed by atoms with Crippen LogP contribution in [0.25, 0.3) is 0 Å². The molecular weight excluding hydrogens is 542 g/mol. The van der Waals surface area contributed by atoms with Crippen molar-refractivity contribution in [1.29, 1.82) is 0 Å². The standard InChI is InChI=1S/C32H33NO7S/c34-32(35)30-24-26(33-41(36,37)29-13-5-2-6-14-29)17-20-31(30)40-23-9-10-25-15-18-28(19-16-25)39-22-8-7-21-38-27-11-3-1-4-12-27/h1-6,11-20,24,33H,7-10,21-23H2,(H,34,35).